The van der Waals surface area contributed by atoms with Gasteiger partial charge in [-0.25, -0.2) is 13.4 Å². The molecule has 1 aromatic carbocycles. The molecule has 2 heterocycles. The van der Waals surface area contributed by atoms with Gasteiger partial charge < -0.3 is 4.40 Å². The molecule has 0 unspecified atom stereocenters. The highest BCUT2D eigenvalue weighted by molar-refractivity contribution is 7.91. The number of hydrogen-bond acceptors (Lipinski definition) is 3. The molecule has 0 spiro atoms. The van der Waals surface area contributed by atoms with Crippen LogP contribution in [0.3, 0.4) is 0 Å². The van der Waals surface area contributed by atoms with E-state index in [9.17, 15) is 8.42 Å². The summed E-state index contributed by atoms with van der Waals surface area (Å²) in [5.41, 5.74) is 2.96. The highest BCUT2D eigenvalue weighted by Gasteiger charge is 2.12. The molecule has 1 N–H and O–H groups in total. The number of aromatic nitrogens is 2. The summed E-state index contributed by atoms with van der Waals surface area (Å²) in [7, 11) is -3.43. The zero-order valence-corrected chi connectivity index (χ0v) is 12.3. The van der Waals surface area contributed by atoms with E-state index >= 15 is 0 Å². The lowest BCUT2D eigenvalue weighted by molar-refractivity contribution is 0.600. The molecule has 0 atom stereocenters. The number of hydrogen-bond donors (Lipinski definition) is 1. The number of imidazole rings is 1. The number of pyridine rings is 1. The van der Waals surface area contributed by atoms with Gasteiger partial charge in [-0.05, 0) is 24.6 Å². The van der Waals surface area contributed by atoms with Crippen LogP contribution in [0.5, 0.6) is 0 Å². The van der Waals surface area contributed by atoms with Gasteiger partial charge in [0.1, 0.15) is 5.65 Å². The number of rotatable bonds is 4. The maximum Gasteiger partial charge on any atom is 0.236 e. The minimum atomic E-state index is -3.43. The van der Waals surface area contributed by atoms with Crippen molar-refractivity contribution >= 4 is 21.4 Å². The first-order chi connectivity index (χ1) is 10.0. The van der Waals surface area contributed by atoms with Gasteiger partial charge in [0.15, 0.2) is 0 Å². The Bertz CT molecular complexity index is 870. The standard InChI is InChI=1S/C15H15N3O2S/c1-12-9-18-10-14(7-8-15(18)16-12)17-21(19,20)11-13-5-3-2-4-6-13/h2-10,17H,11H2,1H3. The molecule has 108 valence electrons. The van der Waals surface area contributed by atoms with E-state index < -0.39 is 10.0 Å². The minimum absolute atomic E-state index is 0.0468. The van der Waals surface area contributed by atoms with E-state index in [1.54, 1.807) is 34.9 Å². The molecule has 0 fully saturated rings. The second-order valence-electron chi connectivity index (χ2n) is 4.91. The Balaban J connectivity index is 1.83. The molecule has 0 bridgehead atoms. The average Bonchev–Trinajstić information content (AvgIpc) is 2.78. The van der Waals surface area contributed by atoms with Gasteiger partial charge in [0.05, 0.1) is 17.1 Å². The van der Waals surface area contributed by atoms with Gasteiger partial charge in [-0.3, -0.25) is 4.72 Å². The number of benzene rings is 1. The molecule has 0 aliphatic rings. The third-order valence-corrected chi connectivity index (χ3v) is 4.30. The molecule has 0 aliphatic carbocycles. The predicted molar refractivity (Wildman–Crippen MR) is 82.6 cm³/mol. The fourth-order valence-electron chi connectivity index (χ4n) is 2.19. The molecule has 0 amide bonds. The van der Waals surface area contributed by atoms with Crippen LogP contribution in [0, 0.1) is 6.92 Å². The second kappa shape index (κ2) is 5.21. The topological polar surface area (TPSA) is 63.5 Å². The van der Waals surface area contributed by atoms with Crippen LogP contribution in [0.25, 0.3) is 5.65 Å². The van der Waals surface area contributed by atoms with Crippen molar-refractivity contribution in [2.75, 3.05) is 4.72 Å². The van der Waals surface area contributed by atoms with Crippen LogP contribution in [0.15, 0.2) is 54.9 Å². The largest absolute Gasteiger partial charge is 0.305 e. The van der Waals surface area contributed by atoms with Crippen molar-refractivity contribution in [1.29, 1.82) is 0 Å². The van der Waals surface area contributed by atoms with Crippen molar-refractivity contribution in [3.05, 3.63) is 66.1 Å². The van der Waals surface area contributed by atoms with Crippen molar-refractivity contribution in [2.24, 2.45) is 0 Å². The molecule has 6 heteroatoms. The van der Waals surface area contributed by atoms with E-state index in [0.29, 0.717) is 5.69 Å². The summed E-state index contributed by atoms with van der Waals surface area (Å²) in [5.74, 6) is -0.0468. The summed E-state index contributed by atoms with van der Waals surface area (Å²) in [5, 5.41) is 0. The minimum Gasteiger partial charge on any atom is -0.305 e. The molecule has 5 nitrogen and oxygen atoms in total. The quantitative estimate of drug-likeness (QED) is 0.805. The smallest absolute Gasteiger partial charge is 0.236 e. The third-order valence-electron chi connectivity index (χ3n) is 3.04. The number of nitrogens with one attached hydrogen (secondary N) is 1. The molecule has 0 aliphatic heterocycles. The van der Waals surface area contributed by atoms with Crippen molar-refractivity contribution in [1.82, 2.24) is 9.38 Å². The van der Waals surface area contributed by atoms with Crippen molar-refractivity contribution in [3.63, 3.8) is 0 Å². The zero-order chi connectivity index (χ0) is 14.9. The maximum absolute atomic E-state index is 12.2. The highest BCUT2D eigenvalue weighted by atomic mass is 32.2. The SMILES string of the molecule is Cc1cn2cc(NS(=O)(=O)Cc3ccccc3)ccc2n1. The van der Waals surface area contributed by atoms with Gasteiger partial charge in [-0.1, -0.05) is 30.3 Å². The second-order valence-corrected chi connectivity index (χ2v) is 6.63. The number of nitrogens with zero attached hydrogens (tertiary/aromatic N) is 2. The average molecular weight is 301 g/mol. The lowest BCUT2D eigenvalue weighted by Gasteiger charge is -2.08. The van der Waals surface area contributed by atoms with Gasteiger partial charge in [-0.15, -0.1) is 0 Å². The van der Waals surface area contributed by atoms with Gasteiger partial charge >= 0.3 is 0 Å². The molecular weight excluding hydrogens is 286 g/mol. The molecule has 0 saturated heterocycles. The fourth-order valence-corrected chi connectivity index (χ4v) is 3.37. The molecular formula is C15H15N3O2S. The summed E-state index contributed by atoms with van der Waals surface area (Å²) >= 11 is 0. The normalized spacial score (nSPS) is 11.7. The van der Waals surface area contributed by atoms with E-state index in [1.807, 2.05) is 31.3 Å². The van der Waals surface area contributed by atoms with Crippen LogP contribution >= 0.6 is 0 Å². The summed E-state index contributed by atoms with van der Waals surface area (Å²) in [6, 6.07) is 12.6. The molecule has 21 heavy (non-hydrogen) atoms. The number of anilines is 1. The van der Waals surface area contributed by atoms with Crippen molar-refractivity contribution in [2.45, 2.75) is 12.7 Å². The number of fused-ring (bicyclic) bond motifs is 1. The third kappa shape index (κ3) is 3.22. The van der Waals surface area contributed by atoms with Gasteiger partial charge in [0, 0.05) is 12.4 Å². The Morgan fingerprint density at radius 1 is 1.10 bits per heavy atom. The Morgan fingerprint density at radius 3 is 2.62 bits per heavy atom. The number of aryl methyl sites for hydroxylation is 1. The van der Waals surface area contributed by atoms with E-state index in [4.69, 9.17) is 0 Å². The monoisotopic (exact) mass is 301 g/mol. The molecule has 0 saturated carbocycles. The maximum atomic E-state index is 12.2. The number of sulfonamides is 1. The van der Waals surface area contributed by atoms with E-state index in [1.165, 1.54) is 0 Å². The van der Waals surface area contributed by atoms with Crippen LogP contribution < -0.4 is 4.72 Å². The van der Waals surface area contributed by atoms with Gasteiger partial charge in [-0.2, -0.15) is 0 Å². The summed E-state index contributed by atoms with van der Waals surface area (Å²) in [6.45, 7) is 1.90. The van der Waals surface area contributed by atoms with E-state index in [0.717, 1.165) is 16.9 Å². The molecule has 3 rings (SSSR count). The first-order valence-electron chi connectivity index (χ1n) is 6.52. The highest BCUT2D eigenvalue weighted by Crippen LogP contribution is 2.15. The van der Waals surface area contributed by atoms with Gasteiger partial charge in [0.2, 0.25) is 10.0 Å². The molecule has 0 radical (unpaired) electrons. The Morgan fingerprint density at radius 2 is 1.86 bits per heavy atom. The Kier molecular flexibility index (Phi) is 3.39. The lowest BCUT2D eigenvalue weighted by atomic mass is 10.2. The summed E-state index contributed by atoms with van der Waals surface area (Å²) in [6.07, 6.45) is 3.57. The Labute approximate surface area is 123 Å². The Hall–Kier alpha value is -2.34. The summed E-state index contributed by atoms with van der Waals surface area (Å²) in [4.78, 5) is 4.30. The zero-order valence-electron chi connectivity index (χ0n) is 11.5. The first-order valence-corrected chi connectivity index (χ1v) is 8.17. The van der Waals surface area contributed by atoms with Crippen LogP contribution in [0.4, 0.5) is 5.69 Å². The van der Waals surface area contributed by atoms with Crippen LogP contribution in [-0.4, -0.2) is 17.8 Å². The fraction of sp³-hybridized carbons (Fsp3) is 0.133. The molecule has 2 aromatic heterocycles. The summed E-state index contributed by atoms with van der Waals surface area (Å²) < 4.78 is 28.7. The van der Waals surface area contributed by atoms with Gasteiger partial charge in [0.25, 0.3) is 0 Å². The van der Waals surface area contributed by atoms with Crippen molar-refractivity contribution < 1.29 is 8.42 Å². The van der Waals surface area contributed by atoms with E-state index in [-0.39, 0.29) is 5.75 Å². The van der Waals surface area contributed by atoms with E-state index in [2.05, 4.69) is 9.71 Å². The first kappa shape index (κ1) is 13.6. The van der Waals surface area contributed by atoms with Crippen molar-refractivity contribution in [3.8, 4) is 0 Å². The predicted octanol–water partition coefficient (Wildman–Crippen LogP) is 2.58. The van der Waals surface area contributed by atoms with Crippen LogP contribution in [0.1, 0.15) is 11.3 Å². The van der Waals surface area contributed by atoms with Crippen LogP contribution in [0.2, 0.25) is 0 Å². The van der Waals surface area contributed by atoms with Crippen LogP contribution in [-0.2, 0) is 15.8 Å². The lowest BCUT2D eigenvalue weighted by Crippen LogP contribution is -2.15. The molecule has 3 aromatic rings.